The summed E-state index contributed by atoms with van der Waals surface area (Å²) in [6.45, 7) is 10.4. The molecule has 1 saturated carbocycles. The number of hydrogen-bond donors (Lipinski definition) is 1. The minimum atomic E-state index is -0.769. The first-order valence-corrected chi connectivity index (χ1v) is 11.5. The van der Waals surface area contributed by atoms with Crippen molar-refractivity contribution in [3.05, 3.63) is 65.0 Å². The number of carbonyl (C=O) groups is 1. The molecule has 32 heavy (non-hydrogen) atoms. The van der Waals surface area contributed by atoms with Crippen LogP contribution in [0.5, 0.6) is 5.75 Å². The van der Waals surface area contributed by atoms with E-state index in [-0.39, 0.29) is 24.8 Å². The molecule has 0 amide bonds. The highest BCUT2D eigenvalue weighted by Crippen LogP contribution is 2.45. The van der Waals surface area contributed by atoms with Crippen molar-refractivity contribution in [1.82, 2.24) is 0 Å². The van der Waals surface area contributed by atoms with Crippen LogP contribution in [0.15, 0.2) is 36.9 Å². The van der Waals surface area contributed by atoms with Crippen molar-refractivity contribution in [2.45, 2.75) is 64.8 Å². The molecule has 0 spiro atoms. The van der Waals surface area contributed by atoms with Crippen LogP contribution in [0.1, 0.15) is 73.2 Å². The second-order valence-corrected chi connectivity index (χ2v) is 8.59. The number of aryl methyl sites for hydroxylation is 2. The Morgan fingerprint density at radius 3 is 2.69 bits per heavy atom. The van der Waals surface area contributed by atoms with Crippen LogP contribution in [0.25, 0.3) is 11.1 Å². The molecule has 3 rings (SSSR count). The van der Waals surface area contributed by atoms with Crippen molar-refractivity contribution in [2.24, 2.45) is 5.73 Å². The minimum Gasteiger partial charge on any atom is -0.493 e. The molecule has 1 aliphatic carbocycles. The number of halogens is 1. The predicted molar refractivity (Wildman–Crippen MR) is 126 cm³/mol. The molecule has 0 saturated heterocycles. The summed E-state index contributed by atoms with van der Waals surface area (Å²) in [4.78, 5) is 12.0. The normalized spacial score (nSPS) is 14.2. The maximum atomic E-state index is 15.4. The maximum absolute atomic E-state index is 15.4. The Morgan fingerprint density at radius 2 is 2.03 bits per heavy atom. The fourth-order valence-corrected chi connectivity index (χ4v) is 4.11. The Morgan fingerprint density at radius 1 is 1.28 bits per heavy atom. The van der Waals surface area contributed by atoms with E-state index >= 15 is 4.39 Å². The van der Waals surface area contributed by atoms with E-state index in [1.165, 1.54) is 0 Å². The molecule has 0 heterocycles. The minimum absolute atomic E-state index is 0.0594. The van der Waals surface area contributed by atoms with Gasteiger partial charge in [0.15, 0.2) is 0 Å². The Labute approximate surface area is 190 Å². The van der Waals surface area contributed by atoms with E-state index < -0.39 is 12.0 Å². The van der Waals surface area contributed by atoms with Gasteiger partial charge in [0.05, 0.1) is 19.6 Å². The molecule has 172 valence electrons. The van der Waals surface area contributed by atoms with Gasteiger partial charge in [-0.3, -0.25) is 4.79 Å². The van der Waals surface area contributed by atoms with Gasteiger partial charge in [-0.15, -0.1) is 6.58 Å². The zero-order valence-electron chi connectivity index (χ0n) is 19.4. The van der Waals surface area contributed by atoms with Crippen molar-refractivity contribution in [3.63, 3.8) is 0 Å². The van der Waals surface area contributed by atoms with Crippen molar-refractivity contribution in [3.8, 4) is 16.9 Å². The van der Waals surface area contributed by atoms with Gasteiger partial charge < -0.3 is 15.2 Å². The summed E-state index contributed by atoms with van der Waals surface area (Å²) < 4.78 is 26.6. The van der Waals surface area contributed by atoms with Crippen LogP contribution in [0, 0.1) is 19.7 Å². The average molecular weight is 440 g/mol. The number of esters is 1. The number of nitrogens with two attached hydrogens (primary N) is 1. The van der Waals surface area contributed by atoms with Crippen LogP contribution in [-0.2, 0) is 9.53 Å². The monoisotopic (exact) mass is 439 g/mol. The topological polar surface area (TPSA) is 61.5 Å². The number of benzene rings is 2. The molecule has 4 nitrogen and oxygen atoms in total. The standard InChI is InChI=1S/C27H34FNO3/c1-5-7-8-11-32-24-13-17(3)12-18(4)26(24)20-14-21(19-9-10-19)27(28)22(15-20)23(29)16-25(30)31-6-2/h5,12-15,19,23H,1,6-11,16,29H2,2-4H3/t23-/m0/s1. The molecular formula is C27H34FNO3. The molecule has 0 aromatic heterocycles. The second kappa shape index (κ2) is 10.8. The summed E-state index contributed by atoms with van der Waals surface area (Å²) in [5.74, 6) is 0.262. The summed E-state index contributed by atoms with van der Waals surface area (Å²) in [6, 6.07) is 7.06. The van der Waals surface area contributed by atoms with E-state index in [1.807, 2.05) is 32.1 Å². The molecule has 2 N–H and O–H groups in total. The third-order valence-electron chi connectivity index (χ3n) is 5.78. The fourth-order valence-electron chi connectivity index (χ4n) is 4.11. The van der Waals surface area contributed by atoms with Crippen molar-refractivity contribution >= 4 is 5.97 Å². The van der Waals surface area contributed by atoms with Crippen LogP contribution in [0.2, 0.25) is 0 Å². The van der Waals surface area contributed by atoms with E-state index in [9.17, 15) is 4.79 Å². The summed E-state index contributed by atoms with van der Waals surface area (Å²) in [5, 5.41) is 0. The Balaban J connectivity index is 2.04. The molecule has 0 bridgehead atoms. The Hall–Kier alpha value is -2.66. The van der Waals surface area contributed by atoms with E-state index in [2.05, 4.69) is 12.6 Å². The van der Waals surface area contributed by atoms with Gasteiger partial charge in [0.1, 0.15) is 11.6 Å². The quantitative estimate of drug-likeness (QED) is 0.254. The zero-order valence-corrected chi connectivity index (χ0v) is 19.4. The van der Waals surface area contributed by atoms with Gasteiger partial charge in [-0.1, -0.05) is 12.1 Å². The number of hydrogen-bond acceptors (Lipinski definition) is 4. The highest BCUT2D eigenvalue weighted by molar-refractivity contribution is 5.76. The van der Waals surface area contributed by atoms with Gasteiger partial charge in [0.25, 0.3) is 0 Å². The predicted octanol–water partition coefficient (Wildman–Crippen LogP) is 6.28. The number of unbranched alkanes of at least 4 members (excludes halogenated alkanes) is 1. The summed E-state index contributed by atoms with van der Waals surface area (Å²) >= 11 is 0. The van der Waals surface area contributed by atoms with E-state index in [0.29, 0.717) is 17.7 Å². The lowest BCUT2D eigenvalue weighted by Gasteiger charge is -2.20. The van der Waals surface area contributed by atoms with Crippen molar-refractivity contribution < 1.29 is 18.7 Å². The van der Waals surface area contributed by atoms with E-state index in [4.69, 9.17) is 15.2 Å². The number of carbonyl (C=O) groups excluding carboxylic acids is 1. The molecule has 2 aromatic rings. The molecule has 2 aromatic carbocycles. The first-order chi connectivity index (χ1) is 15.3. The van der Waals surface area contributed by atoms with Crippen molar-refractivity contribution in [1.29, 1.82) is 0 Å². The number of rotatable bonds is 11. The molecule has 0 unspecified atom stereocenters. The summed E-state index contributed by atoms with van der Waals surface area (Å²) in [7, 11) is 0. The molecule has 0 radical (unpaired) electrons. The van der Waals surface area contributed by atoms with Crippen molar-refractivity contribution in [2.75, 3.05) is 13.2 Å². The van der Waals surface area contributed by atoms with Crippen LogP contribution in [0.3, 0.4) is 0 Å². The largest absolute Gasteiger partial charge is 0.493 e. The third-order valence-corrected chi connectivity index (χ3v) is 5.78. The second-order valence-electron chi connectivity index (χ2n) is 8.59. The van der Waals surface area contributed by atoms with Crippen LogP contribution in [0.4, 0.5) is 4.39 Å². The van der Waals surface area contributed by atoms with Gasteiger partial charge in [0, 0.05) is 17.2 Å². The zero-order chi connectivity index (χ0) is 23.3. The van der Waals surface area contributed by atoms with Crippen LogP contribution >= 0.6 is 0 Å². The Kier molecular flexibility index (Phi) is 8.08. The summed E-state index contributed by atoms with van der Waals surface area (Å²) in [5.41, 5.74) is 11.3. The Bertz CT molecular complexity index is 981. The number of ether oxygens (including phenoxy) is 2. The summed E-state index contributed by atoms with van der Waals surface area (Å²) in [6.07, 6.45) is 5.51. The van der Waals surface area contributed by atoms with E-state index in [1.54, 1.807) is 13.0 Å². The van der Waals surface area contributed by atoms with Crippen LogP contribution < -0.4 is 10.5 Å². The first kappa shape index (κ1) is 24.0. The average Bonchev–Trinajstić information content (AvgIpc) is 3.56. The lowest BCUT2D eigenvalue weighted by Crippen LogP contribution is -2.19. The molecular weight excluding hydrogens is 405 g/mol. The third kappa shape index (κ3) is 5.77. The van der Waals surface area contributed by atoms with Gasteiger partial charge >= 0.3 is 5.97 Å². The first-order valence-electron chi connectivity index (χ1n) is 11.5. The van der Waals surface area contributed by atoms with E-state index in [0.717, 1.165) is 53.7 Å². The fraction of sp³-hybridized carbons (Fsp3) is 0.444. The van der Waals surface area contributed by atoms with Gasteiger partial charge in [0.2, 0.25) is 0 Å². The highest BCUT2D eigenvalue weighted by Gasteiger charge is 2.30. The SMILES string of the molecule is C=CCCCOc1cc(C)cc(C)c1-c1cc(C2CC2)c(F)c([C@@H](N)CC(=O)OCC)c1. The molecule has 5 heteroatoms. The number of allylic oxidation sites excluding steroid dienone is 1. The van der Waals surface area contributed by atoms with Gasteiger partial charge in [-0.25, -0.2) is 4.39 Å². The maximum Gasteiger partial charge on any atom is 0.307 e. The lowest BCUT2D eigenvalue weighted by atomic mass is 9.90. The molecule has 1 atom stereocenters. The van der Waals surface area contributed by atoms with Gasteiger partial charge in [-0.2, -0.15) is 0 Å². The van der Waals surface area contributed by atoms with Gasteiger partial charge in [-0.05, 0) is 92.8 Å². The smallest absolute Gasteiger partial charge is 0.307 e. The highest BCUT2D eigenvalue weighted by atomic mass is 19.1. The van der Waals surface area contributed by atoms with Crippen LogP contribution in [-0.4, -0.2) is 19.2 Å². The molecule has 1 aliphatic rings. The molecule has 0 aliphatic heterocycles. The molecule has 1 fully saturated rings. The lowest BCUT2D eigenvalue weighted by molar-refractivity contribution is -0.143.